The molecule has 2 heterocycles. The highest BCUT2D eigenvalue weighted by molar-refractivity contribution is 5.90. The molecule has 3 aliphatic rings. The van der Waals surface area contributed by atoms with Crippen LogP contribution in [0.2, 0.25) is 0 Å². The lowest BCUT2D eigenvalue weighted by Gasteiger charge is -2.45. The molecule has 1 saturated carbocycles. The summed E-state index contributed by atoms with van der Waals surface area (Å²) in [5, 5.41) is 0. The Hall–Kier alpha value is -1.09. The molecule has 0 aromatic rings. The summed E-state index contributed by atoms with van der Waals surface area (Å²) in [6, 6.07) is 0. The molecule has 0 spiro atoms. The van der Waals surface area contributed by atoms with Gasteiger partial charge in [-0.15, -0.1) is 6.58 Å². The van der Waals surface area contributed by atoms with Crippen molar-refractivity contribution in [2.75, 3.05) is 6.61 Å². The van der Waals surface area contributed by atoms with Crippen LogP contribution < -0.4 is 0 Å². The van der Waals surface area contributed by atoms with Gasteiger partial charge in [0.2, 0.25) is 0 Å². The van der Waals surface area contributed by atoms with Crippen LogP contribution in [-0.4, -0.2) is 24.3 Å². The fourth-order valence-electron chi connectivity index (χ4n) is 3.74. The van der Waals surface area contributed by atoms with Crippen molar-refractivity contribution < 1.29 is 14.3 Å². The van der Waals surface area contributed by atoms with Crippen molar-refractivity contribution in [1.29, 1.82) is 0 Å². The first-order chi connectivity index (χ1) is 8.39. The van der Waals surface area contributed by atoms with Crippen molar-refractivity contribution in [3.05, 3.63) is 24.8 Å². The van der Waals surface area contributed by atoms with Gasteiger partial charge in [0.1, 0.15) is 6.10 Å². The van der Waals surface area contributed by atoms with E-state index in [0.717, 1.165) is 19.4 Å². The zero-order valence-electron chi connectivity index (χ0n) is 11.1. The maximum absolute atomic E-state index is 11.6. The summed E-state index contributed by atoms with van der Waals surface area (Å²) >= 11 is 0. The van der Waals surface area contributed by atoms with Crippen LogP contribution in [0.15, 0.2) is 24.8 Å². The fourth-order valence-corrected chi connectivity index (χ4v) is 3.74. The van der Waals surface area contributed by atoms with Gasteiger partial charge in [-0.1, -0.05) is 19.6 Å². The van der Waals surface area contributed by atoms with E-state index in [1.165, 1.54) is 0 Å². The van der Waals surface area contributed by atoms with Crippen molar-refractivity contribution in [3.8, 4) is 0 Å². The van der Waals surface area contributed by atoms with Crippen molar-refractivity contribution in [1.82, 2.24) is 0 Å². The highest BCUT2D eigenvalue weighted by atomic mass is 16.6. The van der Waals surface area contributed by atoms with E-state index in [1.807, 2.05) is 6.08 Å². The molecule has 5 atom stereocenters. The topological polar surface area (TPSA) is 38.8 Å². The Morgan fingerprint density at radius 3 is 2.67 bits per heavy atom. The molecule has 3 heteroatoms. The van der Waals surface area contributed by atoms with Crippen LogP contribution >= 0.6 is 0 Å². The van der Waals surface area contributed by atoms with Gasteiger partial charge in [0.05, 0.1) is 12.2 Å². The second kappa shape index (κ2) is 3.47. The first kappa shape index (κ1) is 12.0. The molecule has 0 N–H and O–H groups in total. The molecule has 3 rings (SSSR count). The van der Waals surface area contributed by atoms with Gasteiger partial charge in [-0.2, -0.15) is 0 Å². The van der Waals surface area contributed by atoms with Gasteiger partial charge in [0.15, 0.2) is 0 Å². The van der Waals surface area contributed by atoms with Crippen LogP contribution in [0.5, 0.6) is 0 Å². The quantitative estimate of drug-likeness (QED) is 0.326. The molecule has 0 aromatic heterocycles. The second-order valence-corrected chi connectivity index (χ2v) is 6.38. The minimum atomic E-state index is -0.223. The third-order valence-electron chi connectivity index (χ3n) is 5.15. The normalized spacial score (nSPS) is 50.7. The highest BCUT2D eigenvalue weighted by Gasteiger charge is 2.59. The number of esters is 1. The number of fused-ring (bicyclic) bond motifs is 1. The summed E-state index contributed by atoms with van der Waals surface area (Å²) in [5.41, 5.74) is 0.553. The standard InChI is InChI=1S/C15H20O3/c1-5-14(3)7-11-10(9(2)13(16)18-11)6-12(14)15(4)8-17-15/h5,10-12H,1-2,6-8H2,3-4H3. The van der Waals surface area contributed by atoms with Gasteiger partial charge < -0.3 is 9.47 Å². The molecule has 0 aromatic carbocycles. The Bertz CT molecular complexity index is 435. The smallest absolute Gasteiger partial charge is 0.334 e. The third-order valence-corrected chi connectivity index (χ3v) is 5.15. The van der Waals surface area contributed by atoms with Crippen LogP contribution in [0.3, 0.4) is 0 Å². The Balaban J connectivity index is 1.93. The van der Waals surface area contributed by atoms with Crippen molar-refractivity contribution in [2.24, 2.45) is 17.3 Å². The fraction of sp³-hybridized carbons (Fsp3) is 0.667. The van der Waals surface area contributed by atoms with Crippen LogP contribution in [0.4, 0.5) is 0 Å². The number of carbonyl (C=O) groups is 1. The SMILES string of the molecule is C=CC1(C)CC2OC(=O)C(=C)C2CC1C1(C)CO1. The van der Waals surface area contributed by atoms with Crippen molar-refractivity contribution >= 4 is 5.97 Å². The van der Waals surface area contributed by atoms with Crippen LogP contribution in [0.1, 0.15) is 26.7 Å². The van der Waals surface area contributed by atoms with E-state index in [4.69, 9.17) is 9.47 Å². The molecule has 1 aliphatic carbocycles. The first-order valence-electron chi connectivity index (χ1n) is 6.57. The molecule has 18 heavy (non-hydrogen) atoms. The van der Waals surface area contributed by atoms with Crippen molar-refractivity contribution in [2.45, 2.75) is 38.4 Å². The van der Waals surface area contributed by atoms with E-state index < -0.39 is 0 Å². The predicted molar refractivity (Wildman–Crippen MR) is 67.9 cm³/mol. The van der Waals surface area contributed by atoms with Gasteiger partial charge >= 0.3 is 5.97 Å². The molecule has 0 bridgehead atoms. The summed E-state index contributed by atoms with van der Waals surface area (Å²) in [5.74, 6) is 0.325. The summed E-state index contributed by atoms with van der Waals surface area (Å²) in [4.78, 5) is 11.6. The third kappa shape index (κ3) is 1.50. The molecule has 5 unspecified atom stereocenters. The summed E-state index contributed by atoms with van der Waals surface area (Å²) in [6.45, 7) is 13.0. The minimum absolute atomic E-state index is 0.0217. The molecule has 98 valence electrons. The number of carbonyl (C=O) groups excluding carboxylic acids is 1. The van der Waals surface area contributed by atoms with Gasteiger partial charge in [-0.3, -0.25) is 0 Å². The lowest BCUT2D eigenvalue weighted by molar-refractivity contribution is -0.141. The molecule has 0 radical (unpaired) electrons. The van der Waals surface area contributed by atoms with Crippen LogP contribution in [0.25, 0.3) is 0 Å². The second-order valence-electron chi connectivity index (χ2n) is 6.38. The largest absolute Gasteiger partial charge is 0.458 e. The zero-order chi connectivity index (χ0) is 13.1. The van der Waals surface area contributed by atoms with Gasteiger partial charge in [0.25, 0.3) is 0 Å². The van der Waals surface area contributed by atoms with E-state index in [0.29, 0.717) is 11.5 Å². The molecule has 0 amide bonds. The maximum Gasteiger partial charge on any atom is 0.334 e. The number of hydrogen-bond acceptors (Lipinski definition) is 3. The van der Waals surface area contributed by atoms with E-state index in [9.17, 15) is 4.79 Å². The maximum atomic E-state index is 11.6. The van der Waals surface area contributed by atoms with Crippen LogP contribution in [0, 0.1) is 17.3 Å². The Kier molecular flexibility index (Phi) is 2.31. The van der Waals surface area contributed by atoms with E-state index in [1.54, 1.807) is 0 Å². The Morgan fingerprint density at radius 1 is 1.44 bits per heavy atom. The summed E-state index contributed by atoms with van der Waals surface area (Å²) in [7, 11) is 0. The molecular formula is C15H20O3. The Labute approximate surface area is 108 Å². The lowest BCUT2D eigenvalue weighted by Crippen LogP contribution is -2.45. The van der Waals surface area contributed by atoms with Crippen molar-refractivity contribution in [3.63, 3.8) is 0 Å². The van der Waals surface area contributed by atoms with Crippen LogP contribution in [-0.2, 0) is 14.3 Å². The first-order valence-corrected chi connectivity index (χ1v) is 6.57. The minimum Gasteiger partial charge on any atom is -0.458 e. The summed E-state index contributed by atoms with van der Waals surface area (Å²) in [6.07, 6.45) is 3.73. The predicted octanol–water partition coefficient (Wildman–Crippen LogP) is 2.48. The molecule has 2 saturated heterocycles. The lowest BCUT2D eigenvalue weighted by atomic mass is 9.59. The summed E-state index contributed by atoms with van der Waals surface area (Å²) < 4.78 is 11.1. The van der Waals surface area contributed by atoms with Gasteiger partial charge in [0, 0.05) is 11.5 Å². The monoisotopic (exact) mass is 248 g/mol. The number of allylic oxidation sites excluding steroid dienone is 1. The number of rotatable bonds is 2. The molecular weight excluding hydrogens is 228 g/mol. The van der Waals surface area contributed by atoms with Gasteiger partial charge in [-0.05, 0) is 31.1 Å². The number of epoxide rings is 1. The number of ether oxygens (including phenoxy) is 2. The van der Waals surface area contributed by atoms with E-state index in [2.05, 4.69) is 27.0 Å². The average molecular weight is 248 g/mol. The number of hydrogen-bond donors (Lipinski definition) is 0. The molecule has 3 fully saturated rings. The van der Waals surface area contributed by atoms with E-state index >= 15 is 0 Å². The highest BCUT2D eigenvalue weighted by Crippen LogP contribution is 2.57. The Morgan fingerprint density at radius 2 is 2.11 bits per heavy atom. The van der Waals surface area contributed by atoms with E-state index in [-0.39, 0.29) is 29.0 Å². The molecule has 2 aliphatic heterocycles. The van der Waals surface area contributed by atoms with Gasteiger partial charge in [-0.25, -0.2) is 4.79 Å². The molecule has 3 nitrogen and oxygen atoms in total. The average Bonchev–Trinajstić information content (AvgIpc) is 3.01. The zero-order valence-corrected chi connectivity index (χ0v) is 11.1.